The van der Waals surface area contributed by atoms with Gasteiger partial charge < -0.3 is 9.64 Å². The molecule has 1 saturated heterocycles. The van der Waals surface area contributed by atoms with E-state index >= 15 is 0 Å². The Hall–Kier alpha value is -2.24. The van der Waals surface area contributed by atoms with Crippen LogP contribution in [-0.2, 0) is 9.59 Å². The molecule has 2 aromatic carbocycles. The van der Waals surface area contributed by atoms with Gasteiger partial charge in [-0.2, -0.15) is 0 Å². The van der Waals surface area contributed by atoms with Gasteiger partial charge in [-0.15, -0.1) is 0 Å². The molecular weight excluding hydrogens is 375 g/mol. The molecule has 2 aromatic rings. The van der Waals surface area contributed by atoms with Gasteiger partial charge in [0.1, 0.15) is 12.4 Å². The summed E-state index contributed by atoms with van der Waals surface area (Å²) in [5.74, 6) is 0.330. The second-order valence-corrected chi connectivity index (χ2v) is 6.82. The predicted molar refractivity (Wildman–Crippen MR) is 102 cm³/mol. The van der Waals surface area contributed by atoms with E-state index in [1.54, 1.807) is 53.4 Å². The Labute approximate surface area is 162 Å². The molecule has 26 heavy (non-hydrogen) atoms. The van der Waals surface area contributed by atoms with E-state index in [1.807, 2.05) is 0 Å². The van der Waals surface area contributed by atoms with Crippen molar-refractivity contribution in [3.63, 3.8) is 0 Å². The first-order valence-electron chi connectivity index (χ1n) is 8.25. The minimum absolute atomic E-state index is 0.0449. The summed E-state index contributed by atoms with van der Waals surface area (Å²) >= 11 is 11.9. The molecule has 3 rings (SSSR count). The van der Waals surface area contributed by atoms with Crippen molar-refractivity contribution < 1.29 is 14.3 Å². The second-order valence-electron chi connectivity index (χ2n) is 5.95. The number of carbonyl (C=O) groups excluding carboxylic acids is 2. The standard InChI is InChI=1S/C19H18Cl2N2O3/c20-14-6-8-17(9-7-14)26-12-19(25)23(13-22-10-2-5-18(22)24)16-4-1-3-15(21)11-16/h1,3-4,6-9,11H,2,5,10,12-13H2. The van der Waals surface area contributed by atoms with E-state index in [0.29, 0.717) is 34.4 Å². The average molecular weight is 393 g/mol. The molecule has 0 aliphatic carbocycles. The van der Waals surface area contributed by atoms with Crippen LogP contribution in [0.25, 0.3) is 0 Å². The lowest BCUT2D eigenvalue weighted by molar-refractivity contribution is -0.128. The maximum absolute atomic E-state index is 12.8. The van der Waals surface area contributed by atoms with Crippen molar-refractivity contribution in [2.45, 2.75) is 12.8 Å². The summed E-state index contributed by atoms with van der Waals surface area (Å²) in [7, 11) is 0. The summed E-state index contributed by atoms with van der Waals surface area (Å²) in [6.45, 7) is 0.666. The zero-order valence-electron chi connectivity index (χ0n) is 14.0. The quantitative estimate of drug-likeness (QED) is 0.746. The summed E-state index contributed by atoms with van der Waals surface area (Å²) in [6.07, 6.45) is 1.32. The van der Waals surface area contributed by atoms with Crippen LogP contribution in [0.2, 0.25) is 10.0 Å². The molecule has 0 unspecified atom stereocenters. The molecule has 0 saturated carbocycles. The molecule has 0 N–H and O–H groups in total. The molecule has 5 nitrogen and oxygen atoms in total. The van der Waals surface area contributed by atoms with Crippen LogP contribution in [-0.4, -0.2) is 36.5 Å². The molecule has 1 aliphatic heterocycles. The van der Waals surface area contributed by atoms with Crippen molar-refractivity contribution in [3.8, 4) is 5.75 Å². The highest BCUT2D eigenvalue weighted by molar-refractivity contribution is 6.31. The van der Waals surface area contributed by atoms with E-state index in [9.17, 15) is 9.59 Å². The third-order valence-electron chi connectivity index (χ3n) is 4.08. The molecule has 0 atom stereocenters. The van der Waals surface area contributed by atoms with E-state index in [1.165, 1.54) is 4.90 Å². The lowest BCUT2D eigenvalue weighted by Crippen LogP contribution is -2.44. The Balaban J connectivity index is 1.74. The van der Waals surface area contributed by atoms with Crippen LogP contribution in [0.3, 0.4) is 0 Å². The van der Waals surface area contributed by atoms with Gasteiger partial charge in [0.2, 0.25) is 5.91 Å². The van der Waals surface area contributed by atoms with Crippen molar-refractivity contribution in [2.75, 3.05) is 24.7 Å². The Morgan fingerprint density at radius 3 is 2.54 bits per heavy atom. The highest BCUT2D eigenvalue weighted by Crippen LogP contribution is 2.22. The van der Waals surface area contributed by atoms with Crippen LogP contribution < -0.4 is 9.64 Å². The lowest BCUT2D eigenvalue weighted by atomic mass is 10.3. The van der Waals surface area contributed by atoms with Gasteiger partial charge in [0.05, 0.1) is 0 Å². The number of nitrogens with zero attached hydrogens (tertiary/aromatic N) is 2. The molecule has 1 heterocycles. The molecule has 0 aromatic heterocycles. The maximum Gasteiger partial charge on any atom is 0.266 e. The van der Waals surface area contributed by atoms with E-state index in [4.69, 9.17) is 27.9 Å². The van der Waals surface area contributed by atoms with Gasteiger partial charge in [-0.3, -0.25) is 14.5 Å². The Morgan fingerprint density at radius 1 is 1.12 bits per heavy atom. The smallest absolute Gasteiger partial charge is 0.266 e. The summed E-state index contributed by atoms with van der Waals surface area (Å²) in [6, 6.07) is 13.8. The van der Waals surface area contributed by atoms with Crippen LogP contribution in [0.1, 0.15) is 12.8 Å². The van der Waals surface area contributed by atoms with Gasteiger partial charge in [-0.1, -0.05) is 29.3 Å². The first-order valence-corrected chi connectivity index (χ1v) is 9.00. The van der Waals surface area contributed by atoms with Crippen LogP contribution in [0.15, 0.2) is 48.5 Å². The van der Waals surface area contributed by atoms with E-state index in [2.05, 4.69) is 0 Å². The van der Waals surface area contributed by atoms with Crippen molar-refractivity contribution in [1.29, 1.82) is 0 Å². The van der Waals surface area contributed by atoms with Crippen molar-refractivity contribution in [3.05, 3.63) is 58.6 Å². The first kappa shape index (κ1) is 18.5. The third kappa shape index (κ3) is 4.68. The van der Waals surface area contributed by atoms with Gasteiger partial charge in [0.15, 0.2) is 6.61 Å². The normalized spacial score (nSPS) is 13.8. The number of anilines is 1. The van der Waals surface area contributed by atoms with Gasteiger partial charge in [0, 0.05) is 28.7 Å². The average Bonchev–Trinajstić information content (AvgIpc) is 3.03. The number of rotatable bonds is 6. The van der Waals surface area contributed by atoms with Crippen molar-refractivity contribution in [1.82, 2.24) is 4.90 Å². The molecule has 136 valence electrons. The number of amides is 2. The summed E-state index contributed by atoms with van der Waals surface area (Å²) in [5, 5.41) is 1.11. The van der Waals surface area contributed by atoms with Crippen molar-refractivity contribution in [2.24, 2.45) is 0 Å². The SMILES string of the molecule is O=C1CCCN1CN(C(=O)COc1ccc(Cl)cc1)c1cccc(Cl)c1. The van der Waals surface area contributed by atoms with Crippen LogP contribution in [0.4, 0.5) is 5.69 Å². The van der Waals surface area contributed by atoms with E-state index in [-0.39, 0.29) is 25.1 Å². The molecule has 2 amide bonds. The number of halogens is 2. The van der Waals surface area contributed by atoms with Crippen LogP contribution in [0, 0.1) is 0 Å². The number of hydrogen-bond donors (Lipinski definition) is 0. The number of likely N-dealkylation sites (tertiary alicyclic amines) is 1. The Bertz CT molecular complexity index is 796. The molecule has 1 aliphatic rings. The predicted octanol–water partition coefficient (Wildman–Crippen LogP) is 3.99. The molecule has 0 spiro atoms. The van der Waals surface area contributed by atoms with E-state index in [0.717, 1.165) is 6.42 Å². The van der Waals surface area contributed by atoms with Gasteiger partial charge in [-0.25, -0.2) is 0 Å². The van der Waals surface area contributed by atoms with Crippen molar-refractivity contribution >= 4 is 40.7 Å². The fourth-order valence-electron chi connectivity index (χ4n) is 2.73. The molecule has 7 heteroatoms. The minimum Gasteiger partial charge on any atom is -0.484 e. The van der Waals surface area contributed by atoms with Gasteiger partial charge in [-0.05, 0) is 48.9 Å². The largest absolute Gasteiger partial charge is 0.484 e. The maximum atomic E-state index is 12.8. The summed E-state index contributed by atoms with van der Waals surface area (Å²) in [5.41, 5.74) is 0.627. The zero-order chi connectivity index (χ0) is 18.5. The molecular formula is C19H18Cl2N2O3. The fraction of sp³-hybridized carbons (Fsp3) is 0.263. The number of carbonyl (C=O) groups is 2. The fourth-order valence-corrected chi connectivity index (χ4v) is 3.04. The number of benzene rings is 2. The lowest BCUT2D eigenvalue weighted by Gasteiger charge is -2.28. The highest BCUT2D eigenvalue weighted by atomic mass is 35.5. The second kappa shape index (κ2) is 8.43. The molecule has 0 radical (unpaired) electrons. The van der Waals surface area contributed by atoms with Crippen LogP contribution in [0.5, 0.6) is 5.75 Å². The minimum atomic E-state index is -0.262. The summed E-state index contributed by atoms with van der Waals surface area (Å²) in [4.78, 5) is 27.9. The van der Waals surface area contributed by atoms with Gasteiger partial charge in [0.25, 0.3) is 5.91 Å². The molecule has 1 fully saturated rings. The monoisotopic (exact) mass is 392 g/mol. The number of hydrogen-bond acceptors (Lipinski definition) is 3. The first-order chi connectivity index (χ1) is 12.5. The highest BCUT2D eigenvalue weighted by Gasteiger charge is 2.26. The summed E-state index contributed by atoms with van der Waals surface area (Å²) < 4.78 is 5.56. The molecule has 0 bridgehead atoms. The Kier molecular flexibility index (Phi) is 6.01. The topological polar surface area (TPSA) is 49.9 Å². The Morgan fingerprint density at radius 2 is 1.88 bits per heavy atom. The van der Waals surface area contributed by atoms with E-state index < -0.39 is 0 Å². The van der Waals surface area contributed by atoms with Crippen LogP contribution >= 0.6 is 23.2 Å². The zero-order valence-corrected chi connectivity index (χ0v) is 15.5. The third-order valence-corrected chi connectivity index (χ3v) is 4.57. The van der Waals surface area contributed by atoms with Gasteiger partial charge >= 0.3 is 0 Å². The number of ether oxygens (including phenoxy) is 1.